The third kappa shape index (κ3) is 5.41. The van der Waals surface area contributed by atoms with Crippen molar-refractivity contribution in [2.75, 3.05) is 0 Å². The van der Waals surface area contributed by atoms with Gasteiger partial charge in [0.15, 0.2) is 0 Å². The first-order valence-corrected chi connectivity index (χ1v) is 24.2. The van der Waals surface area contributed by atoms with Gasteiger partial charge in [0.2, 0.25) is 0 Å². The molecule has 8 fully saturated rings. The van der Waals surface area contributed by atoms with Gasteiger partial charge in [0.1, 0.15) is 0 Å². The lowest BCUT2D eigenvalue weighted by Gasteiger charge is -2.33. The molecule has 0 aromatic heterocycles. The van der Waals surface area contributed by atoms with E-state index < -0.39 is 0 Å². The monoisotopic (exact) mass is 713 g/mol. The van der Waals surface area contributed by atoms with E-state index in [2.05, 4.69) is 104 Å². The van der Waals surface area contributed by atoms with Crippen LogP contribution in [0.5, 0.6) is 0 Å². The van der Waals surface area contributed by atoms with Gasteiger partial charge in [-0.2, -0.15) is 0 Å². The molecule has 296 valence electrons. The van der Waals surface area contributed by atoms with E-state index in [9.17, 15) is 0 Å². The molecule has 8 aliphatic rings. The molecule has 0 radical (unpaired) electrons. The van der Waals surface area contributed by atoms with Crippen LogP contribution in [-0.4, -0.2) is 0 Å². The molecule has 8 saturated carbocycles. The number of allylic oxidation sites excluding steroid dienone is 1. The molecule has 0 heteroatoms. The summed E-state index contributed by atoms with van der Waals surface area (Å²) in [6.45, 7) is 44.9. The van der Waals surface area contributed by atoms with Crippen LogP contribution in [0.2, 0.25) is 0 Å². The van der Waals surface area contributed by atoms with Crippen molar-refractivity contribution < 1.29 is 0 Å². The largest absolute Gasteiger partial charge is 0.0993 e. The van der Waals surface area contributed by atoms with Crippen LogP contribution >= 0.6 is 0 Å². The quantitative estimate of drug-likeness (QED) is 0.249. The Morgan fingerprint density at radius 2 is 0.596 bits per heavy atom. The van der Waals surface area contributed by atoms with E-state index in [0.717, 1.165) is 172 Å². The average molecular weight is 713 g/mol. The highest BCUT2D eigenvalue weighted by Crippen LogP contribution is 2.70. The second-order valence-corrected chi connectivity index (χ2v) is 23.9. The predicted molar refractivity (Wildman–Crippen MR) is 223 cm³/mol. The number of rotatable bonds is 5. The summed E-state index contributed by atoms with van der Waals surface area (Å²) in [5, 5.41) is 0. The van der Waals surface area contributed by atoms with Gasteiger partial charge >= 0.3 is 0 Å². The average Bonchev–Trinajstić information content (AvgIpc) is 3.98. The Hall–Kier alpha value is -0.260. The maximum atomic E-state index is 4.93. The second-order valence-electron chi connectivity index (χ2n) is 23.9. The van der Waals surface area contributed by atoms with Crippen molar-refractivity contribution in [2.45, 2.75) is 142 Å². The topological polar surface area (TPSA) is 0 Å². The van der Waals surface area contributed by atoms with Crippen LogP contribution in [0.3, 0.4) is 0 Å². The molecule has 0 N–H and O–H groups in total. The molecule has 0 heterocycles. The SMILES string of the molecule is C=C1C(C)C(C)C2C(C3CC(C4CC(C5CC(C6CC(C)C(C)C6C)C6C(C)C(C)C(C)C56)C(C)C4C)C(C)C3C)CC(C3CC(C)C(C)C3C)C12. The first-order chi connectivity index (χ1) is 24.5. The third-order valence-corrected chi connectivity index (χ3v) is 23.5. The minimum absolute atomic E-state index is 0.717. The van der Waals surface area contributed by atoms with E-state index >= 15 is 0 Å². The zero-order valence-electron chi connectivity index (χ0n) is 37.2. The van der Waals surface area contributed by atoms with Crippen LogP contribution in [0.15, 0.2) is 12.2 Å². The summed E-state index contributed by atoms with van der Waals surface area (Å²) < 4.78 is 0. The van der Waals surface area contributed by atoms with E-state index in [1.807, 2.05) is 0 Å². The van der Waals surface area contributed by atoms with Gasteiger partial charge in [-0.15, -0.1) is 0 Å². The Balaban J connectivity index is 1.03. The zero-order valence-corrected chi connectivity index (χ0v) is 37.2. The Labute approximate surface area is 325 Å². The number of fused-ring (bicyclic) bond motifs is 2. The van der Waals surface area contributed by atoms with Crippen LogP contribution in [0.25, 0.3) is 0 Å². The van der Waals surface area contributed by atoms with Gasteiger partial charge < -0.3 is 0 Å². The summed E-state index contributed by atoms with van der Waals surface area (Å²) in [5.41, 5.74) is 1.68. The molecule has 29 unspecified atom stereocenters. The first-order valence-electron chi connectivity index (χ1n) is 24.2. The standard InChI is InChI=1S/C52H88/c1-23-17-39(29(7)25(23)3)45-21-47(51-37(15)27(5)35(13)49(45)51)43-19-41(31(9)33(43)11)42-20-44(34(12)32(42)10)48-22-46(40-18-24(2)26(4)30(40)8)50-36(14)28(6)38(16)52(48)50/h23-34,36-52H,13,17-22H2,1-12,14-16H3. The van der Waals surface area contributed by atoms with E-state index in [1.54, 1.807) is 24.8 Å². The highest BCUT2D eigenvalue weighted by Gasteiger charge is 2.64. The molecule has 0 bridgehead atoms. The summed E-state index contributed by atoms with van der Waals surface area (Å²) in [7, 11) is 0. The van der Waals surface area contributed by atoms with Gasteiger partial charge in [-0.1, -0.05) is 116 Å². The van der Waals surface area contributed by atoms with Crippen molar-refractivity contribution in [2.24, 2.45) is 172 Å². The van der Waals surface area contributed by atoms with Crippen LogP contribution in [0.1, 0.15) is 142 Å². The fraction of sp³-hybridized carbons (Fsp3) is 0.962. The fourth-order valence-corrected chi connectivity index (χ4v) is 19.0. The van der Waals surface area contributed by atoms with Gasteiger partial charge in [-0.05, 0) is 210 Å². The lowest BCUT2D eigenvalue weighted by molar-refractivity contribution is 0.157. The third-order valence-electron chi connectivity index (χ3n) is 23.5. The number of hydrogen-bond acceptors (Lipinski definition) is 0. The molecular formula is C52H88. The smallest absolute Gasteiger partial charge is 0.0138 e. The van der Waals surface area contributed by atoms with Crippen LogP contribution < -0.4 is 0 Å². The van der Waals surface area contributed by atoms with Crippen molar-refractivity contribution >= 4 is 0 Å². The predicted octanol–water partition coefficient (Wildman–Crippen LogP) is 14.2. The van der Waals surface area contributed by atoms with Gasteiger partial charge in [0.05, 0.1) is 0 Å². The van der Waals surface area contributed by atoms with Gasteiger partial charge in [0, 0.05) is 0 Å². The maximum absolute atomic E-state index is 4.93. The highest BCUT2D eigenvalue weighted by molar-refractivity contribution is 5.23. The van der Waals surface area contributed by atoms with Gasteiger partial charge in [-0.25, -0.2) is 0 Å². The Bertz CT molecular complexity index is 1310. The molecule has 0 aromatic rings. The Kier molecular flexibility index (Phi) is 10.2. The van der Waals surface area contributed by atoms with E-state index in [-0.39, 0.29) is 0 Å². The summed E-state index contributed by atoms with van der Waals surface area (Å²) in [6, 6.07) is 0. The summed E-state index contributed by atoms with van der Waals surface area (Å²) in [6.07, 6.45) is 9.24. The second kappa shape index (κ2) is 13.7. The molecule has 8 rings (SSSR count). The number of hydrogen-bond donors (Lipinski definition) is 0. The molecule has 0 amide bonds. The normalized spacial score (nSPS) is 64.6. The summed E-state index contributed by atoms with van der Waals surface area (Å²) >= 11 is 0. The van der Waals surface area contributed by atoms with E-state index in [0.29, 0.717) is 0 Å². The highest BCUT2D eigenvalue weighted by atomic mass is 14.7. The van der Waals surface area contributed by atoms with Gasteiger partial charge in [0.25, 0.3) is 0 Å². The molecular weight excluding hydrogens is 625 g/mol. The minimum Gasteiger partial charge on any atom is -0.0993 e. The fourth-order valence-electron chi connectivity index (χ4n) is 19.0. The molecule has 52 heavy (non-hydrogen) atoms. The molecule has 0 aliphatic heterocycles. The van der Waals surface area contributed by atoms with Crippen LogP contribution in [-0.2, 0) is 0 Å². The molecule has 0 saturated heterocycles. The lowest BCUT2D eigenvalue weighted by Crippen LogP contribution is -2.27. The van der Waals surface area contributed by atoms with E-state index in [4.69, 9.17) is 6.58 Å². The summed E-state index contributed by atoms with van der Waals surface area (Å²) in [5.74, 6) is 26.6. The Morgan fingerprint density at radius 1 is 0.288 bits per heavy atom. The molecule has 0 aromatic carbocycles. The first kappa shape index (κ1) is 38.6. The molecule has 0 spiro atoms. The maximum Gasteiger partial charge on any atom is -0.0138 e. The van der Waals surface area contributed by atoms with Crippen LogP contribution in [0, 0.1) is 172 Å². The van der Waals surface area contributed by atoms with Crippen molar-refractivity contribution in [3.63, 3.8) is 0 Å². The van der Waals surface area contributed by atoms with Gasteiger partial charge in [-0.3, -0.25) is 0 Å². The van der Waals surface area contributed by atoms with Crippen LogP contribution in [0.4, 0.5) is 0 Å². The van der Waals surface area contributed by atoms with E-state index in [1.165, 1.54) is 19.3 Å². The summed E-state index contributed by atoms with van der Waals surface area (Å²) in [4.78, 5) is 0. The molecule has 0 nitrogen and oxygen atoms in total. The lowest BCUT2D eigenvalue weighted by atomic mass is 9.72. The van der Waals surface area contributed by atoms with Crippen molar-refractivity contribution in [3.8, 4) is 0 Å². The molecule has 29 atom stereocenters. The van der Waals surface area contributed by atoms with Crippen molar-refractivity contribution in [1.82, 2.24) is 0 Å². The van der Waals surface area contributed by atoms with Crippen molar-refractivity contribution in [3.05, 3.63) is 12.2 Å². The Morgan fingerprint density at radius 3 is 1.00 bits per heavy atom. The van der Waals surface area contributed by atoms with Crippen molar-refractivity contribution in [1.29, 1.82) is 0 Å². The molecule has 8 aliphatic carbocycles. The minimum atomic E-state index is 0.717. The zero-order chi connectivity index (χ0) is 37.6.